The van der Waals surface area contributed by atoms with Crippen LogP contribution in [0.5, 0.6) is 0 Å². The van der Waals surface area contributed by atoms with Crippen LogP contribution >= 0.6 is 0 Å². The second kappa shape index (κ2) is 10.1. The van der Waals surface area contributed by atoms with Gasteiger partial charge in [-0.2, -0.15) is 0 Å². The minimum absolute atomic E-state index is 0.0375. The lowest BCUT2D eigenvalue weighted by atomic mass is 9.71. The van der Waals surface area contributed by atoms with Gasteiger partial charge in [-0.25, -0.2) is 0 Å². The van der Waals surface area contributed by atoms with Gasteiger partial charge >= 0.3 is 5.97 Å². The molecule has 3 rings (SSSR count). The number of aldehydes is 1. The fraction of sp³-hybridized carbons (Fsp3) is 0.481. The Kier molecular flexibility index (Phi) is 7.73. The average Bonchev–Trinajstić information content (AvgIpc) is 2.79. The predicted molar refractivity (Wildman–Crippen MR) is 131 cm³/mol. The Balaban J connectivity index is 1.95. The van der Waals surface area contributed by atoms with Crippen molar-refractivity contribution in [2.24, 2.45) is 5.41 Å². The number of carbonyl (C=O) groups excluding carboxylic acids is 2. The third-order valence-electron chi connectivity index (χ3n) is 6.83. The monoisotopic (exact) mass is 452 g/mol. The van der Waals surface area contributed by atoms with E-state index in [0.29, 0.717) is 19.4 Å². The summed E-state index contributed by atoms with van der Waals surface area (Å²) >= 11 is 0. The van der Waals surface area contributed by atoms with Crippen LogP contribution in [-0.2, 0) is 18.8 Å². The Morgan fingerprint density at radius 1 is 1.00 bits per heavy atom. The zero-order chi connectivity index (χ0) is 23.2. The van der Waals surface area contributed by atoms with Gasteiger partial charge in [-0.15, -0.1) is 0 Å². The number of hydrogen-bond acceptors (Lipinski definition) is 4. The Morgan fingerprint density at radius 3 is 1.91 bits per heavy atom. The standard InChI is InChI=1S/C27H36O4Si/c1-5-30-25(29)27(20-21-28)18-16-22(17-19-27)31-32(26(2,3)4,23-12-8-6-9-13-23)24-14-10-7-11-15-24/h6-15,21-22H,5,16-20H2,1-4H3. The maximum Gasteiger partial charge on any atom is 0.312 e. The largest absolute Gasteiger partial charge is 0.466 e. The number of hydrogen-bond donors (Lipinski definition) is 0. The highest BCUT2D eigenvalue weighted by Gasteiger charge is 2.52. The lowest BCUT2D eigenvalue weighted by Gasteiger charge is -2.47. The molecular weight excluding hydrogens is 416 g/mol. The van der Waals surface area contributed by atoms with E-state index < -0.39 is 13.7 Å². The molecule has 1 aliphatic carbocycles. The maximum absolute atomic E-state index is 12.7. The molecule has 0 N–H and O–H groups in total. The molecule has 1 aliphatic rings. The zero-order valence-corrected chi connectivity index (χ0v) is 20.8. The molecule has 5 heteroatoms. The second-order valence-electron chi connectivity index (χ2n) is 9.85. The van der Waals surface area contributed by atoms with Crippen molar-refractivity contribution >= 4 is 30.9 Å². The summed E-state index contributed by atoms with van der Waals surface area (Å²) in [5.41, 5.74) is -0.705. The van der Waals surface area contributed by atoms with Gasteiger partial charge in [0.25, 0.3) is 8.32 Å². The summed E-state index contributed by atoms with van der Waals surface area (Å²) in [5.74, 6) is -0.240. The summed E-state index contributed by atoms with van der Waals surface area (Å²) in [4.78, 5) is 24.1. The van der Waals surface area contributed by atoms with E-state index in [0.717, 1.165) is 19.1 Å². The van der Waals surface area contributed by atoms with E-state index in [1.165, 1.54) is 10.4 Å². The topological polar surface area (TPSA) is 52.6 Å². The molecule has 0 atom stereocenters. The van der Waals surface area contributed by atoms with Gasteiger partial charge in [-0.1, -0.05) is 81.4 Å². The first-order valence-corrected chi connectivity index (χ1v) is 13.6. The first-order valence-electron chi connectivity index (χ1n) is 11.7. The molecule has 2 aromatic carbocycles. The summed E-state index contributed by atoms with van der Waals surface area (Å²) in [6.07, 6.45) is 3.85. The SMILES string of the molecule is CCOC(=O)C1(CC=O)CCC(O[Si](c2ccccc2)(c2ccccc2)C(C)(C)C)CC1. The predicted octanol–water partition coefficient (Wildman–Crippen LogP) is 4.64. The van der Waals surface area contributed by atoms with Crippen LogP contribution in [0.15, 0.2) is 60.7 Å². The van der Waals surface area contributed by atoms with Crippen molar-refractivity contribution in [3.63, 3.8) is 0 Å². The molecule has 0 heterocycles. The number of ether oxygens (including phenoxy) is 1. The molecule has 4 nitrogen and oxygen atoms in total. The minimum atomic E-state index is -2.63. The van der Waals surface area contributed by atoms with Crippen LogP contribution in [0.3, 0.4) is 0 Å². The molecule has 0 radical (unpaired) electrons. The lowest BCUT2D eigenvalue weighted by Crippen LogP contribution is -2.68. The lowest BCUT2D eigenvalue weighted by molar-refractivity contribution is -0.160. The second-order valence-corrected chi connectivity index (χ2v) is 14.1. The summed E-state index contributed by atoms with van der Waals surface area (Å²) in [5, 5.41) is 2.43. The third kappa shape index (κ3) is 4.74. The number of benzene rings is 2. The van der Waals surface area contributed by atoms with Gasteiger partial charge < -0.3 is 14.0 Å². The fourth-order valence-corrected chi connectivity index (χ4v) is 9.89. The van der Waals surface area contributed by atoms with E-state index >= 15 is 0 Å². The van der Waals surface area contributed by atoms with Crippen LogP contribution in [0.4, 0.5) is 0 Å². The first kappa shape index (κ1) is 24.4. The molecule has 1 saturated carbocycles. The number of carbonyl (C=O) groups is 2. The highest BCUT2D eigenvalue weighted by Crippen LogP contribution is 2.44. The Morgan fingerprint density at radius 2 is 1.50 bits per heavy atom. The molecule has 172 valence electrons. The summed E-state index contributed by atoms with van der Waals surface area (Å²) in [7, 11) is -2.63. The van der Waals surface area contributed by atoms with Gasteiger partial charge in [0.15, 0.2) is 0 Å². The zero-order valence-electron chi connectivity index (χ0n) is 19.8. The molecule has 0 bridgehead atoms. The van der Waals surface area contributed by atoms with Crippen molar-refractivity contribution in [3.8, 4) is 0 Å². The summed E-state index contributed by atoms with van der Waals surface area (Å²) < 4.78 is 12.6. The first-order chi connectivity index (χ1) is 15.3. The molecule has 2 aromatic rings. The normalized spacial score (nSPS) is 21.7. The van der Waals surface area contributed by atoms with Crippen LogP contribution in [0, 0.1) is 5.41 Å². The van der Waals surface area contributed by atoms with Gasteiger partial charge in [0.05, 0.1) is 12.0 Å². The van der Waals surface area contributed by atoms with Gasteiger partial charge in [-0.3, -0.25) is 4.79 Å². The molecule has 32 heavy (non-hydrogen) atoms. The summed E-state index contributed by atoms with van der Waals surface area (Å²) in [6.45, 7) is 8.97. The van der Waals surface area contributed by atoms with E-state index in [-0.39, 0.29) is 23.5 Å². The van der Waals surface area contributed by atoms with Crippen LogP contribution in [0.1, 0.15) is 59.8 Å². The van der Waals surface area contributed by atoms with Crippen molar-refractivity contribution in [3.05, 3.63) is 60.7 Å². The van der Waals surface area contributed by atoms with Crippen LogP contribution in [-0.4, -0.2) is 33.3 Å². The van der Waals surface area contributed by atoms with Gasteiger partial charge in [0, 0.05) is 12.5 Å². The van der Waals surface area contributed by atoms with Gasteiger partial charge in [-0.05, 0) is 48.0 Å². The van der Waals surface area contributed by atoms with E-state index in [2.05, 4.69) is 69.3 Å². The Hall–Kier alpha value is -2.24. The van der Waals surface area contributed by atoms with Crippen molar-refractivity contribution in [1.29, 1.82) is 0 Å². The number of esters is 1. The van der Waals surface area contributed by atoms with E-state index in [1.807, 2.05) is 19.1 Å². The highest BCUT2D eigenvalue weighted by molar-refractivity contribution is 6.99. The molecule has 1 fully saturated rings. The van der Waals surface area contributed by atoms with Crippen molar-refractivity contribution in [2.75, 3.05) is 6.61 Å². The summed E-state index contributed by atoms with van der Waals surface area (Å²) in [6, 6.07) is 21.2. The van der Waals surface area contributed by atoms with Crippen LogP contribution in [0.2, 0.25) is 5.04 Å². The molecule has 0 unspecified atom stereocenters. The molecule has 0 spiro atoms. The quantitative estimate of drug-likeness (QED) is 0.332. The van der Waals surface area contributed by atoms with Crippen molar-refractivity contribution < 1.29 is 18.8 Å². The van der Waals surface area contributed by atoms with Crippen molar-refractivity contribution in [1.82, 2.24) is 0 Å². The van der Waals surface area contributed by atoms with Crippen molar-refractivity contribution in [2.45, 2.75) is 70.9 Å². The molecule has 0 amide bonds. The maximum atomic E-state index is 12.7. The smallest absolute Gasteiger partial charge is 0.312 e. The Bertz CT molecular complexity index is 841. The average molecular weight is 453 g/mol. The van der Waals surface area contributed by atoms with E-state index in [4.69, 9.17) is 9.16 Å². The van der Waals surface area contributed by atoms with Gasteiger partial charge in [0.2, 0.25) is 0 Å². The van der Waals surface area contributed by atoms with Gasteiger partial charge in [0.1, 0.15) is 6.29 Å². The molecule has 0 saturated heterocycles. The number of rotatable bonds is 8. The van der Waals surface area contributed by atoms with Crippen LogP contribution < -0.4 is 10.4 Å². The minimum Gasteiger partial charge on any atom is -0.466 e. The Labute approximate surface area is 193 Å². The molecule has 0 aliphatic heterocycles. The van der Waals surface area contributed by atoms with E-state index in [9.17, 15) is 9.59 Å². The van der Waals surface area contributed by atoms with Crippen LogP contribution in [0.25, 0.3) is 0 Å². The highest BCUT2D eigenvalue weighted by atomic mass is 28.4. The fourth-order valence-electron chi connectivity index (χ4n) is 5.14. The molecular formula is C27H36O4Si. The third-order valence-corrected chi connectivity index (χ3v) is 11.9. The molecule has 0 aromatic heterocycles. The van der Waals surface area contributed by atoms with E-state index in [1.54, 1.807) is 0 Å².